The number of para-hydroxylation sites is 1. The Morgan fingerprint density at radius 1 is 1.33 bits per heavy atom. The van der Waals surface area contributed by atoms with Crippen LogP contribution in [0.15, 0.2) is 30.3 Å². The van der Waals surface area contributed by atoms with Gasteiger partial charge in [0.25, 0.3) is 0 Å². The lowest BCUT2D eigenvalue weighted by Crippen LogP contribution is -2.27. The monoisotopic (exact) mass is 205 g/mol. The second-order valence-electron chi connectivity index (χ2n) is 3.37. The lowest BCUT2D eigenvalue weighted by atomic mass is 10.3. The number of carbonyl (C=O) groups is 2. The van der Waals surface area contributed by atoms with Crippen LogP contribution in [0.1, 0.15) is 0 Å². The molecule has 1 saturated heterocycles. The second-order valence-corrected chi connectivity index (χ2v) is 3.37. The third kappa shape index (κ3) is 2.07. The highest BCUT2D eigenvalue weighted by Gasteiger charge is 2.42. The molecule has 3 amide bonds. The Labute approximate surface area is 86.9 Å². The van der Waals surface area contributed by atoms with E-state index in [1.165, 1.54) is 4.90 Å². The van der Waals surface area contributed by atoms with Crippen LogP contribution in [-0.2, 0) is 4.79 Å². The van der Waals surface area contributed by atoms with Gasteiger partial charge < -0.3 is 16.0 Å². The Morgan fingerprint density at radius 3 is 2.53 bits per heavy atom. The predicted octanol–water partition coefficient (Wildman–Crippen LogP) is 0.388. The molecule has 5 nitrogen and oxygen atoms in total. The number of carbonyl (C=O) groups excluding carboxylic acids is 2. The van der Waals surface area contributed by atoms with Crippen molar-refractivity contribution in [3.05, 3.63) is 30.3 Å². The number of nitrogens with zero attached hydrogens (tertiary/aromatic N) is 1. The van der Waals surface area contributed by atoms with E-state index in [0.717, 1.165) is 0 Å². The molecule has 0 saturated carbocycles. The summed E-state index contributed by atoms with van der Waals surface area (Å²) in [5.41, 5.74) is 5.76. The van der Waals surface area contributed by atoms with Gasteiger partial charge in [-0.1, -0.05) is 18.2 Å². The minimum Gasteiger partial charge on any atom is -0.368 e. The number of anilines is 1. The highest BCUT2D eigenvalue weighted by atomic mass is 16.2. The Kier molecular flexibility index (Phi) is 2.29. The average molecular weight is 205 g/mol. The summed E-state index contributed by atoms with van der Waals surface area (Å²) in [6, 6.07) is 8.34. The summed E-state index contributed by atoms with van der Waals surface area (Å²) < 4.78 is 0. The van der Waals surface area contributed by atoms with Gasteiger partial charge in [0.1, 0.15) is 6.04 Å². The van der Waals surface area contributed by atoms with E-state index in [4.69, 9.17) is 5.73 Å². The molecule has 1 atom stereocenters. The van der Waals surface area contributed by atoms with Gasteiger partial charge in [0, 0.05) is 5.69 Å². The van der Waals surface area contributed by atoms with Crippen LogP contribution in [0.2, 0.25) is 0 Å². The number of urea groups is 1. The van der Waals surface area contributed by atoms with E-state index in [0.29, 0.717) is 12.2 Å². The summed E-state index contributed by atoms with van der Waals surface area (Å²) >= 11 is 0. The van der Waals surface area contributed by atoms with Gasteiger partial charge in [0.15, 0.2) is 0 Å². The van der Waals surface area contributed by atoms with Crippen molar-refractivity contribution in [1.82, 2.24) is 4.90 Å². The van der Waals surface area contributed by atoms with Crippen LogP contribution in [0.3, 0.4) is 0 Å². The summed E-state index contributed by atoms with van der Waals surface area (Å²) in [4.78, 5) is 23.6. The number of rotatable bonds is 2. The number of amides is 3. The van der Waals surface area contributed by atoms with Crippen molar-refractivity contribution in [3.8, 4) is 0 Å². The van der Waals surface area contributed by atoms with Crippen molar-refractivity contribution in [1.29, 1.82) is 0 Å². The summed E-state index contributed by atoms with van der Waals surface area (Å²) in [5.74, 6) is -0.460. The minimum atomic E-state index is -0.460. The third-order valence-electron chi connectivity index (χ3n) is 2.23. The predicted molar refractivity (Wildman–Crippen MR) is 55.1 cm³/mol. The van der Waals surface area contributed by atoms with Gasteiger partial charge in [-0.25, -0.2) is 4.79 Å². The molecule has 1 aromatic carbocycles. The van der Waals surface area contributed by atoms with Crippen molar-refractivity contribution in [2.45, 2.75) is 6.04 Å². The smallest absolute Gasteiger partial charge is 0.322 e. The van der Waals surface area contributed by atoms with Crippen LogP contribution in [-0.4, -0.2) is 29.4 Å². The number of hydrogen-bond donors (Lipinski definition) is 2. The number of hydrogen-bond acceptors (Lipinski definition) is 2. The largest absolute Gasteiger partial charge is 0.368 e. The van der Waals surface area contributed by atoms with Gasteiger partial charge in [0.2, 0.25) is 5.91 Å². The third-order valence-corrected chi connectivity index (χ3v) is 2.23. The van der Waals surface area contributed by atoms with Crippen LogP contribution in [0.25, 0.3) is 0 Å². The first kappa shape index (κ1) is 9.51. The number of primary amides is 1. The molecule has 0 aliphatic carbocycles. The highest BCUT2D eigenvalue weighted by molar-refractivity contribution is 5.97. The summed E-state index contributed by atoms with van der Waals surface area (Å²) in [5, 5.41) is 2.67. The molecule has 5 heteroatoms. The van der Waals surface area contributed by atoms with Gasteiger partial charge in [-0.3, -0.25) is 4.79 Å². The van der Waals surface area contributed by atoms with E-state index in [9.17, 15) is 9.59 Å². The fourth-order valence-electron chi connectivity index (χ4n) is 1.32. The minimum absolute atomic E-state index is 0.287. The molecule has 15 heavy (non-hydrogen) atoms. The van der Waals surface area contributed by atoms with E-state index < -0.39 is 11.9 Å². The molecule has 1 aliphatic rings. The first-order valence-electron chi connectivity index (χ1n) is 4.60. The molecule has 0 bridgehead atoms. The quantitative estimate of drug-likeness (QED) is 0.685. The molecular weight excluding hydrogens is 194 g/mol. The molecule has 1 unspecified atom stereocenters. The van der Waals surface area contributed by atoms with E-state index in [1.54, 1.807) is 12.1 Å². The molecule has 78 valence electrons. The lowest BCUT2D eigenvalue weighted by Gasteiger charge is -2.05. The maximum absolute atomic E-state index is 11.5. The summed E-state index contributed by atoms with van der Waals surface area (Å²) in [7, 11) is 0. The Hall–Kier alpha value is -2.04. The summed E-state index contributed by atoms with van der Waals surface area (Å²) in [6.07, 6.45) is 0. The zero-order valence-electron chi connectivity index (χ0n) is 8.01. The van der Waals surface area contributed by atoms with Gasteiger partial charge in [-0.15, -0.1) is 0 Å². The molecule has 1 heterocycles. The topological polar surface area (TPSA) is 75.2 Å². The fourth-order valence-corrected chi connectivity index (χ4v) is 1.32. The van der Waals surface area contributed by atoms with Crippen LogP contribution >= 0.6 is 0 Å². The molecule has 0 radical (unpaired) electrons. The van der Waals surface area contributed by atoms with Crippen molar-refractivity contribution < 1.29 is 9.59 Å². The van der Waals surface area contributed by atoms with Crippen LogP contribution in [0.5, 0.6) is 0 Å². The summed E-state index contributed by atoms with van der Waals surface area (Å²) in [6.45, 7) is 0.411. The molecule has 3 N–H and O–H groups in total. The maximum atomic E-state index is 11.5. The number of nitrogens with one attached hydrogen (secondary N) is 1. The van der Waals surface area contributed by atoms with E-state index in [2.05, 4.69) is 5.32 Å². The standard InChI is InChI=1S/C10H11N3O2/c11-9(14)8-6-13(8)10(15)12-7-4-2-1-3-5-7/h1-5,8H,6H2,(H2,11,14)(H,12,15). The fraction of sp³-hybridized carbons (Fsp3) is 0.200. The molecule has 1 aromatic rings. The van der Waals surface area contributed by atoms with Gasteiger partial charge in [0.05, 0.1) is 6.54 Å². The Morgan fingerprint density at radius 2 is 2.00 bits per heavy atom. The lowest BCUT2D eigenvalue weighted by molar-refractivity contribution is -0.118. The molecular formula is C10H11N3O2. The van der Waals surface area contributed by atoms with Crippen molar-refractivity contribution in [3.63, 3.8) is 0 Å². The first-order valence-corrected chi connectivity index (χ1v) is 4.60. The van der Waals surface area contributed by atoms with Gasteiger partial charge >= 0.3 is 6.03 Å². The van der Waals surface area contributed by atoms with E-state index >= 15 is 0 Å². The first-order chi connectivity index (χ1) is 7.18. The normalized spacial score (nSPS) is 18.4. The molecule has 1 fully saturated rings. The zero-order valence-corrected chi connectivity index (χ0v) is 8.01. The van der Waals surface area contributed by atoms with Crippen molar-refractivity contribution in [2.24, 2.45) is 5.73 Å². The maximum Gasteiger partial charge on any atom is 0.322 e. The van der Waals surface area contributed by atoms with Crippen LogP contribution < -0.4 is 11.1 Å². The van der Waals surface area contributed by atoms with E-state index in [1.807, 2.05) is 18.2 Å². The molecule has 1 aliphatic heterocycles. The SMILES string of the molecule is NC(=O)C1CN1C(=O)Nc1ccccc1. The van der Waals surface area contributed by atoms with E-state index in [-0.39, 0.29) is 6.03 Å². The second kappa shape index (κ2) is 3.61. The number of benzene rings is 1. The van der Waals surface area contributed by atoms with Gasteiger partial charge in [-0.05, 0) is 12.1 Å². The highest BCUT2D eigenvalue weighted by Crippen LogP contribution is 2.18. The zero-order chi connectivity index (χ0) is 10.8. The van der Waals surface area contributed by atoms with Crippen LogP contribution in [0.4, 0.5) is 10.5 Å². The molecule has 2 rings (SSSR count). The Balaban J connectivity index is 1.92. The van der Waals surface area contributed by atoms with Gasteiger partial charge in [-0.2, -0.15) is 0 Å². The van der Waals surface area contributed by atoms with Crippen molar-refractivity contribution in [2.75, 3.05) is 11.9 Å². The Bertz CT molecular complexity index is 391. The van der Waals surface area contributed by atoms with Crippen LogP contribution in [0, 0.1) is 0 Å². The molecule has 0 spiro atoms. The average Bonchev–Trinajstić information content (AvgIpc) is 2.98. The molecule has 0 aromatic heterocycles. The van der Waals surface area contributed by atoms with Crippen molar-refractivity contribution >= 4 is 17.6 Å². The number of nitrogens with two attached hydrogens (primary N) is 1.